The zero-order valence-electron chi connectivity index (χ0n) is 19.1. The number of para-hydroxylation sites is 3. The highest BCUT2D eigenvalue weighted by atomic mass is 32.1. The number of nitrogens with zero attached hydrogens (tertiary/aromatic N) is 3. The summed E-state index contributed by atoms with van der Waals surface area (Å²) in [5.74, 6) is 0.387. The van der Waals surface area contributed by atoms with Crippen LogP contribution in [-0.4, -0.2) is 29.4 Å². The highest BCUT2D eigenvalue weighted by molar-refractivity contribution is 7.22. The molecule has 1 aromatic heterocycles. The summed E-state index contributed by atoms with van der Waals surface area (Å²) < 4.78 is 6.75. The Labute approximate surface area is 202 Å². The Balaban J connectivity index is 1.45. The number of benzene rings is 3. The number of carbonyl (C=O) groups excluding carboxylic acids is 2. The van der Waals surface area contributed by atoms with E-state index in [0.717, 1.165) is 22.3 Å². The maximum absolute atomic E-state index is 13.6. The average Bonchev–Trinajstić information content (AvgIpc) is 3.28. The molecular weight excluding hydrogens is 446 g/mol. The van der Waals surface area contributed by atoms with Crippen molar-refractivity contribution >= 4 is 49.9 Å². The lowest BCUT2D eigenvalue weighted by Crippen LogP contribution is -2.45. The van der Waals surface area contributed by atoms with Crippen LogP contribution in [0.5, 0.6) is 5.75 Å². The van der Waals surface area contributed by atoms with E-state index in [2.05, 4.69) is 6.92 Å². The number of rotatable bonds is 6. The highest BCUT2D eigenvalue weighted by Gasteiger charge is 2.32. The van der Waals surface area contributed by atoms with Gasteiger partial charge in [-0.25, -0.2) is 4.98 Å². The smallest absolute Gasteiger partial charge is 0.267 e. The van der Waals surface area contributed by atoms with Gasteiger partial charge in [0.15, 0.2) is 11.2 Å². The van der Waals surface area contributed by atoms with Gasteiger partial charge < -0.3 is 9.64 Å². The standard InChI is InChI=1S/C27H25N3O3S/c1-3-19-12-14-20(15-13-19)30(27-28-21-8-4-7-11-24(21)34-27)25(31)16-17-29-22-9-5-6-10-23(22)33-18(2)26(29)32/h4-15,18H,3,16-17H2,1-2H3/t18-/m0/s1. The van der Waals surface area contributed by atoms with Gasteiger partial charge in [0.25, 0.3) is 5.91 Å². The lowest BCUT2D eigenvalue weighted by molar-refractivity contribution is -0.125. The summed E-state index contributed by atoms with van der Waals surface area (Å²) in [6, 6.07) is 23.3. The Morgan fingerprint density at radius 2 is 1.79 bits per heavy atom. The Bertz CT molecular complexity index is 1320. The van der Waals surface area contributed by atoms with Gasteiger partial charge in [-0.05, 0) is 55.3 Å². The largest absolute Gasteiger partial charge is 0.479 e. The first kappa shape index (κ1) is 22.1. The monoisotopic (exact) mass is 471 g/mol. The van der Waals surface area contributed by atoms with E-state index >= 15 is 0 Å². The van der Waals surface area contributed by atoms with Gasteiger partial charge in [-0.3, -0.25) is 14.5 Å². The summed E-state index contributed by atoms with van der Waals surface area (Å²) in [4.78, 5) is 34.6. The number of anilines is 3. The van der Waals surface area contributed by atoms with Crippen molar-refractivity contribution in [3.05, 3.63) is 78.4 Å². The molecule has 2 amide bonds. The molecule has 0 bridgehead atoms. The lowest BCUT2D eigenvalue weighted by Gasteiger charge is -2.33. The van der Waals surface area contributed by atoms with Gasteiger partial charge in [0.2, 0.25) is 5.91 Å². The summed E-state index contributed by atoms with van der Waals surface area (Å²) in [5, 5.41) is 0.623. The lowest BCUT2D eigenvalue weighted by atomic mass is 10.1. The maximum Gasteiger partial charge on any atom is 0.267 e. The number of carbonyl (C=O) groups is 2. The molecule has 0 radical (unpaired) electrons. The fourth-order valence-corrected chi connectivity index (χ4v) is 5.11. The zero-order chi connectivity index (χ0) is 23.7. The first-order chi connectivity index (χ1) is 16.5. The zero-order valence-corrected chi connectivity index (χ0v) is 19.9. The molecule has 7 heteroatoms. The summed E-state index contributed by atoms with van der Waals surface area (Å²) in [6.45, 7) is 4.09. The number of hydrogen-bond acceptors (Lipinski definition) is 5. The van der Waals surface area contributed by atoms with Crippen molar-refractivity contribution in [3.8, 4) is 5.75 Å². The molecule has 5 rings (SSSR count). The molecule has 0 aliphatic carbocycles. The summed E-state index contributed by atoms with van der Waals surface area (Å²) >= 11 is 1.48. The van der Waals surface area contributed by atoms with Crippen molar-refractivity contribution in [2.75, 3.05) is 16.3 Å². The average molecular weight is 472 g/mol. The van der Waals surface area contributed by atoms with E-state index in [4.69, 9.17) is 9.72 Å². The van der Waals surface area contributed by atoms with Crippen molar-refractivity contribution in [2.45, 2.75) is 32.8 Å². The van der Waals surface area contributed by atoms with Crippen LogP contribution in [-0.2, 0) is 16.0 Å². The van der Waals surface area contributed by atoms with Crippen LogP contribution in [0.4, 0.5) is 16.5 Å². The van der Waals surface area contributed by atoms with Gasteiger partial charge in [0.1, 0.15) is 5.75 Å². The molecule has 0 fully saturated rings. The maximum atomic E-state index is 13.6. The fraction of sp³-hybridized carbons (Fsp3) is 0.222. The van der Waals surface area contributed by atoms with E-state index in [1.165, 1.54) is 16.9 Å². The predicted octanol–water partition coefficient (Wildman–Crippen LogP) is 5.73. The number of aryl methyl sites for hydroxylation is 1. The number of aromatic nitrogens is 1. The van der Waals surface area contributed by atoms with E-state index in [1.807, 2.05) is 72.8 Å². The van der Waals surface area contributed by atoms with Gasteiger partial charge in [-0.15, -0.1) is 0 Å². The van der Waals surface area contributed by atoms with Gasteiger partial charge in [-0.2, -0.15) is 0 Å². The summed E-state index contributed by atoms with van der Waals surface area (Å²) in [7, 11) is 0. The number of hydrogen-bond donors (Lipinski definition) is 0. The van der Waals surface area contributed by atoms with E-state index in [1.54, 1.807) is 16.7 Å². The molecular formula is C27H25N3O3S. The first-order valence-corrected chi connectivity index (χ1v) is 12.2. The molecule has 1 aliphatic rings. The van der Waals surface area contributed by atoms with Crippen molar-refractivity contribution in [3.63, 3.8) is 0 Å². The molecule has 0 unspecified atom stereocenters. The van der Waals surface area contributed by atoms with Gasteiger partial charge >= 0.3 is 0 Å². The van der Waals surface area contributed by atoms with Crippen LogP contribution in [0.25, 0.3) is 10.2 Å². The molecule has 4 aromatic rings. The third-order valence-electron chi connectivity index (χ3n) is 5.95. The molecule has 0 saturated carbocycles. The van der Waals surface area contributed by atoms with Crippen LogP contribution in [0.2, 0.25) is 0 Å². The van der Waals surface area contributed by atoms with Crippen LogP contribution in [0.15, 0.2) is 72.8 Å². The highest BCUT2D eigenvalue weighted by Crippen LogP contribution is 2.36. The minimum atomic E-state index is -0.591. The third-order valence-corrected chi connectivity index (χ3v) is 6.97. The molecule has 0 saturated heterocycles. The molecule has 3 aromatic carbocycles. The SMILES string of the molecule is CCc1ccc(N(C(=O)CCN2C(=O)[C@H](C)Oc3ccccc32)c2nc3ccccc3s2)cc1. The van der Waals surface area contributed by atoms with Gasteiger partial charge in [0, 0.05) is 13.0 Å². The van der Waals surface area contributed by atoms with Crippen molar-refractivity contribution in [2.24, 2.45) is 0 Å². The van der Waals surface area contributed by atoms with Crippen molar-refractivity contribution < 1.29 is 14.3 Å². The summed E-state index contributed by atoms with van der Waals surface area (Å²) in [6.07, 6.45) is 0.483. The number of amides is 2. The fourth-order valence-electron chi connectivity index (χ4n) is 4.11. The molecule has 2 heterocycles. The molecule has 6 nitrogen and oxygen atoms in total. The van der Waals surface area contributed by atoms with Crippen molar-refractivity contribution in [1.82, 2.24) is 4.98 Å². The second kappa shape index (κ2) is 9.27. The molecule has 0 spiro atoms. The normalized spacial score (nSPS) is 15.2. The Hall–Kier alpha value is -3.71. The topological polar surface area (TPSA) is 62.7 Å². The minimum absolute atomic E-state index is 0.118. The summed E-state index contributed by atoms with van der Waals surface area (Å²) in [5.41, 5.74) is 3.52. The van der Waals surface area contributed by atoms with Crippen LogP contribution in [0.1, 0.15) is 25.8 Å². The van der Waals surface area contributed by atoms with Crippen molar-refractivity contribution in [1.29, 1.82) is 0 Å². The minimum Gasteiger partial charge on any atom is -0.479 e. The Morgan fingerprint density at radius 3 is 2.56 bits per heavy atom. The van der Waals surface area contributed by atoms with E-state index in [-0.39, 0.29) is 24.8 Å². The molecule has 1 atom stereocenters. The third kappa shape index (κ3) is 4.15. The van der Waals surface area contributed by atoms with Gasteiger partial charge in [0.05, 0.1) is 21.6 Å². The van der Waals surface area contributed by atoms with Crippen LogP contribution < -0.4 is 14.5 Å². The molecule has 172 valence electrons. The second-order valence-electron chi connectivity index (χ2n) is 8.18. The molecule has 0 N–H and O–H groups in total. The van der Waals surface area contributed by atoms with E-state index < -0.39 is 6.10 Å². The van der Waals surface area contributed by atoms with Crippen LogP contribution in [0.3, 0.4) is 0 Å². The Morgan fingerprint density at radius 1 is 1.06 bits per heavy atom. The second-order valence-corrected chi connectivity index (χ2v) is 9.19. The Kier molecular flexibility index (Phi) is 6.02. The van der Waals surface area contributed by atoms with Crippen LogP contribution >= 0.6 is 11.3 Å². The number of fused-ring (bicyclic) bond motifs is 2. The number of thiazole rings is 1. The molecule has 1 aliphatic heterocycles. The molecule has 34 heavy (non-hydrogen) atoms. The van der Waals surface area contributed by atoms with E-state index in [0.29, 0.717) is 16.6 Å². The predicted molar refractivity (Wildman–Crippen MR) is 136 cm³/mol. The van der Waals surface area contributed by atoms with E-state index in [9.17, 15) is 9.59 Å². The van der Waals surface area contributed by atoms with Gasteiger partial charge in [-0.1, -0.05) is 54.7 Å². The van der Waals surface area contributed by atoms with Crippen LogP contribution in [0, 0.1) is 0 Å². The first-order valence-electron chi connectivity index (χ1n) is 11.4. The number of ether oxygens (including phenoxy) is 1. The quantitative estimate of drug-likeness (QED) is 0.360.